The molecule has 4 nitrogen and oxygen atoms in total. The van der Waals surface area contributed by atoms with Crippen LogP contribution in [0.4, 0.5) is 0 Å². The molecule has 0 unspecified atom stereocenters. The molecule has 0 aliphatic heterocycles. The summed E-state index contributed by atoms with van der Waals surface area (Å²) in [5, 5.41) is 8.63. The number of rotatable bonds is 1. The van der Waals surface area contributed by atoms with Gasteiger partial charge < -0.3 is 10.9 Å². The van der Waals surface area contributed by atoms with Gasteiger partial charge in [-0.2, -0.15) is 0 Å². The molecule has 0 saturated carbocycles. The number of carboxylic acids is 1. The van der Waals surface area contributed by atoms with Gasteiger partial charge in [-0.15, -0.1) is 0 Å². The van der Waals surface area contributed by atoms with Crippen LogP contribution in [0.2, 0.25) is 0 Å². The fourth-order valence-electron chi connectivity index (χ4n) is 0.834. The van der Waals surface area contributed by atoms with E-state index in [-0.39, 0.29) is 5.69 Å². The highest BCUT2D eigenvalue weighted by atomic mass is 79.9. The van der Waals surface area contributed by atoms with Gasteiger partial charge in [-0.1, -0.05) is 0 Å². The molecule has 0 aliphatic rings. The zero-order chi connectivity index (χ0) is 8.59. The van der Waals surface area contributed by atoms with Gasteiger partial charge in [-0.25, -0.2) is 4.79 Å². The predicted molar refractivity (Wildman–Crippen MR) is 44.0 cm³/mol. The summed E-state index contributed by atoms with van der Waals surface area (Å²) in [7, 11) is 0. The number of carbonyl (C=O) groups is 1. The number of carboxylic acid groups (broad SMARTS) is 1. The van der Waals surface area contributed by atoms with Crippen LogP contribution >= 0.6 is 15.9 Å². The molecule has 1 rings (SSSR count). The lowest BCUT2D eigenvalue weighted by atomic mass is 10.3. The van der Waals surface area contributed by atoms with Crippen LogP contribution in [-0.2, 0) is 0 Å². The Labute approximate surface area is 71.7 Å². The van der Waals surface area contributed by atoms with Crippen molar-refractivity contribution < 1.29 is 9.90 Å². The Hall–Kier alpha value is -0.970. The monoisotopic (exact) mass is 218 g/mol. The van der Waals surface area contributed by atoms with E-state index < -0.39 is 5.97 Å². The third kappa shape index (κ3) is 1.23. The highest BCUT2D eigenvalue weighted by Crippen LogP contribution is 2.21. The highest BCUT2D eigenvalue weighted by molar-refractivity contribution is 9.10. The van der Waals surface area contributed by atoms with Crippen molar-refractivity contribution >= 4 is 21.9 Å². The van der Waals surface area contributed by atoms with Crippen LogP contribution in [0.25, 0.3) is 0 Å². The number of nitrogens with zero attached hydrogens (tertiary/aromatic N) is 1. The molecule has 3 N–H and O–H groups in total. The van der Waals surface area contributed by atoms with Gasteiger partial charge in [0.1, 0.15) is 0 Å². The van der Waals surface area contributed by atoms with Gasteiger partial charge in [0.25, 0.3) is 0 Å². The van der Waals surface area contributed by atoms with E-state index in [0.717, 1.165) is 10.2 Å². The topological polar surface area (TPSA) is 68.2 Å². The van der Waals surface area contributed by atoms with Crippen molar-refractivity contribution in [1.29, 1.82) is 0 Å². The molecule has 1 aromatic heterocycles. The molecule has 1 aromatic rings. The summed E-state index contributed by atoms with van der Waals surface area (Å²) in [6, 6.07) is 0. The minimum atomic E-state index is -1.03. The Morgan fingerprint density at radius 1 is 1.82 bits per heavy atom. The summed E-state index contributed by atoms with van der Waals surface area (Å²) in [4.78, 5) is 10.5. The van der Waals surface area contributed by atoms with E-state index in [1.54, 1.807) is 13.1 Å². The SMILES string of the molecule is Cc1cn(N)c(C(=O)O)c1Br. The molecule has 0 spiro atoms. The minimum Gasteiger partial charge on any atom is -0.476 e. The molecule has 1 heterocycles. The molecule has 0 aliphatic carbocycles. The molecule has 0 amide bonds. The number of nitrogens with two attached hydrogens (primary N) is 1. The van der Waals surface area contributed by atoms with Crippen LogP contribution in [0.5, 0.6) is 0 Å². The Kier molecular flexibility index (Phi) is 1.90. The van der Waals surface area contributed by atoms with Crippen molar-refractivity contribution in [1.82, 2.24) is 4.68 Å². The van der Waals surface area contributed by atoms with Crippen LogP contribution < -0.4 is 5.84 Å². The highest BCUT2D eigenvalue weighted by Gasteiger charge is 2.15. The van der Waals surface area contributed by atoms with Gasteiger partial charge in [-0.3, -0.25) is 4.68 Å². The van der Waals surface area contributed by atoms with Crippen LogP contribution in [-0.4, -0.2) is 15.8 Å². The van der Waals surface area contributed by atoms with Crippen molar-refractivity contribution in [2.45, 2.75) is 6.92 Å². The zero-order valence-corrected chi connectivity index (χ0v) is 7.42. The standard InChI is InChI=1S/C6H7BrN2O2/c1-3-2-9(8)5(4(3)7)6(10)11/h2H,8H2,1H3,(H,10,11). The Balaban J connectivity index is 3.34. The summed E-state index contributed by atoms with van der Waals surface area (Å²) < 4.78 is 1.62. The van der Waals surface area contributed by atoms with Crippen LogP contribution in [0.1, 0.15) is 16.1 Å². The molecule has 0 atom stereocenters. The first kappa shape index (κ1) is 8.13. The molecule has 11 heavy (non-hydrogen) atoms. The van der Waals surface area contributed by atoms with Crippen LogP contribution in [0, 0.1) is 6.92 Å². The summed E-state index contributed by atoms with van der Waals surface area (Å²) in [5.41, 5.74) is 0.882. The summed E-state index contributed by atoms with van der Waals surface area (Å²) in [6.45, 7) is 1.78. The minimum absolute atomic E-state index is 0.0718. The summed E-state index contributed by atoms with van der Waals surface area (Å²) >= 11 is 3.12. The Morgan fingerprint density at radius 2 is 2.36 bits per heavy atom. The third-order valence-corrected chi connectivity index (χ3v) is 2.35. The number of hydrogen-bond donors (Lipinski definition) is 2. The van der Waals surface area contributed by atoms with Crippen molar-refractivity contribution in [3.63, 3.8) is 0 Å². The number of hydrogen-bond acceptors (Lipinski definition) is 2. The van der Waals surface area contributed by atoms with Gasteiger partial charge >= 0.3 is 5.97 Å². The normalized spacial score (nSPS) is 10.0. The van der Waals surface area contributed by atoms with E-state index in [1.165, 1.54) is 0 Å². The van der Waals surface area contributed by atoms with Gasteiger partial charge in [0, 0.05) is 6.20 Å². The van der Waals surface area contributed by atoms with E-state index in [2.05, 4.69) is 15.9 Å². The van der Waals surface area contributed by atoms with Gasteiger partial charge in [0.15, 0.2) is 5.69 Å². The molecular formula is C6H7BrN2O2. The molecule has 0 bridgehead atoms. The van der Waals surface area contributed by atoms with E-state index in [0.29, 0.717) is 4.47 Å². The first-order valence-electron chi connectivity index (χ1n) is 2.90. The van der Waals surface area contributed by atoms with Crippen molar-refractivity contribution in [2.24, 2.45) is 0 Å². The number of aryl methyl sites for hydroxylation is 1. The number of nitrogen functional groups attached to an aromatic ring is 1. The molecule has 0 aromatic carbocycles. The molecule has 0 fully saturated rings. The van der Waals surface area contributed by atoms with E-state index >= 15 is 0 Å². The lowest BCUT2D eigenvalue weighted by Gasteiger charge is -1.95. The predicted octanol–water partition coefficient (Wildman–Crippen LogP) is 0.971. The van der Waals surface area contributed by atoms with Gasteiger partial charge in [0.2, 0.25) is 0 Å². The Bertz CT molecular complexity index is 306. The first-order valence-corrected chi connectivity index (χ1v) is 3.69. The fraction of sp³-hybridized carbons (Fsp3) is 0.167. The molecule has 60 valence electrons. The fourth-order valence-corrected chi connectivity index (χ4v) is 1.31. The quantitative estimate of drug-likeness (QED) is 0.691. The van der Waals surface area contributed by atoms with E-state index in [9.17, 15) is 4.79 Å². The third-order valence-electron chi connectivity index (χ3n) is 1.35. The second-order valence-corrected chi connectivity index (χ2v) is 2.98. The van der Waals surface area contributed by atoms with Gasteiger partial charge in [-0.05, 0) is 28.4 Å². The second kappa shape index (κ2) is 2.58. The van der Waals surface area contributed by atoms with Crippen LogP contribution in [0.3, 0.4) is 0 Å². The molecular weight excluding hydrogens is 212 g/mol. The lowest BCUT2D eigenvalue weighted by Crippen LogP contribution is -2.14. The number of aromatic carboxylic acids is 1. The van der Waals surface area contributed by atoms with Crippen molar-refractivity contribution in [3.05, 3.63) is 21.9 Å². The van der Waals surface area contributed by atoms with Crippen molar-refractivity contribution in [3.8, 4) is 0 Å². The summed E-state index contributed by atoms with van der Waals surface area (Å²) in [5.74, 6) is 4.31. The first-order chi connectivity index (χ1) is 5.04. The molecule has 0 radical (unpaired) electrons. The average Bonchev–Trinajstić information content (AvgIpc) is 2.07. The van der Waals surface area contributed by atoms with Crippen LogP contribution in [0.15, 0.2) is 10.7 Å². The maximum Gasteiger partial charge on any atom is 0.355 e. The largest absolute Gasteiger partial charge is 0.476 e. The average molecular weight is 219 g/mol. The van der Waals surface area contributed by atoms with Crippen molar-refractivity contribution in [2.75, 3.05) is 5.84 Å². The zero-order valence-electron chi connectivity index (χ0n) is 5.84. The maximum atomic E-state index is 10.5. The molecule has 0 saturated heterocycles. The smallest absolute Gasteiger partial charge is 0.355 e. The van der Waals surface area contributed by atoms with E-state index in [4.69, 9.17) is 10.9 Å². The van der Waals surface area contributed by atoms with Gasteiger partial charge in [0.05, 0.1) is 4.47 Å². The molecule has 5 heteroatoms. The summed E-state index contributed by atoms with van der Waals surface area (Å²) in [6.07, 6.45) is 1.55. The Morgan fingerprint density at radius 3 is 2.55 bits per heavy atom. The maximum absolute atomic E-state index is 10.5. The van der Waals surface area contributed by atoms with E-state index in [1.807, 2.05) is 0 Å². The lowest BCUT2D eigenvalue weighted by molar-refractivity contribution is 0.0686. The number of aromatic nitrogens is 1. The second-order valence-electron chi connectivity index (χ2n) is 2.19. The number of halogens is 1.